The minimum atomic E-state index is -0.0457. The summed E-state index contributed by atoms with van der Waals surface area (Å²) >= 11 is 7.44. The number of rotatable bonds is 5. The number of thiocarbonyl (C=S) groups is 1. The Balaban J connectivity index is 1.62. The third-order valence-electron chi connectivity index (χ3n) is 5.67. The fourth-order valence-electron chi connectivity index (χ4n) is 4.31. The van der Waals surface area contributed by atoms with Gasteiger partial charge in [0.25, 0.3) is 0 Å². The molecule has 0 spiro atoms. The van der Waals surface area contributed by atoms with Crippen molar-refractivity contribution in [3.05, 3.63) is 94.8 Å². The molecule has 0 radical (unpaired) electrons. The average molecular weight is 447 g/mol. The van der Waals surface area contributed by atoms with Crippen molar-refractivity contribution < 1.29 is 0 Å². The number of thiazole rings is 1. The van der Waals surface area contributed by atoms with Gasteiger partial charge in [0.05, 0.1) is 17.8 Å². The van der Waals surface area contributed by atoms with E-state index in [0.29, 0.717) is 6.54 Å². The molecule has 8 heteroatoms. The molecule has 5 heterocycles. The Hall–Kier alpha value is -3.10. The summed E-state index contributed by atoms with van der Waals surface area (Å²) in [5.41, 5.74) is 5.64. The van der Waals surface area contributed by atoms with Crippen LogP contribution < -0.4 is 5.32 Å². The van der Waals surface area contributed by atoms with Crippen LogP contribution in [0.4, 0.5) is 0 Å². The minimum absolute atomic E-state index is 0.00233. The third kappa shape index (κ3) is 3.62. The Labute approximate surface area is 190 Å². The molecule has 4 aromatic rings. The van der Waals surface area contributed by atoms with Crippen molar-refractivity contribution >= 4 is 28.7 Å². The van der Waals surface area contributed by atoms with Gasteiger partial charge in [-0.3, -0.25) is 14.5 Å². The van der Waals surface area contributed by atoms with Crippen LogP contribution in [0.2, 0.25) is 0 Å². The minimum Gasteiger partial charge on any atom is -0.352 e. The summed E-state index contributed by atoms with van der Waals surface area (Å²) in [5.74, 6) is 0. The second-order valence-corrected chi connectivity index (χ2v) is 8.85. The van der Waals surface area contributed by atoms with Crippen molar-refractivity contribution in [3.63, 3.8) is 0 Å². The van der Waals surface area contributed by atoms with Crippen LogP contribution in [0.1, 0.15) is 40.3 Å². The molecule has 1 N–H and O–H groups in total. The van der Waals surface area contributed by atoms with Crippen LogP contribution >= 0.6 is 23.6 Å². The predicted octanol–water partition coefficient (Wildman–Crippen LogP) is 4.51. The molecule has 0 aromatic carbocycles. The standard InChI is InChI=1S/C23H22N6S2/c1-15-12-18(16(2)29(15)23-26-10-11-31-23)21-20(19-7-3-4-9-25-19)27-22(30)28(21)14-17-6-5-8-24-13-17/h3-13,20-21H,14H2,1-2H3,(H,27,30)/t20-,21-/m0/s1. The molecular weight excluding hydrogens is 424 g/mol. The first-order chi connectivity index (χ1) is 15.1. The first kappa shape index (κ1) is 19.8. The molecule has 5 rings (SSSR count). The maximum Gasteiger partial charge on any atom is 0.193 e. The first-order valence-corrected chi connectivity index (χ1v) is 11.4. The highest BCUT2D eigenvalue weighted by Gasteiger charge is 2.41. The highest BCUT2D eigenvalue weighted by molar-refractivity contribution is 7.80. The molecule has 31 heavy (non-hydrogen) atoms. The van der Waals surface area contributed by atoms with E-state index >= 15 is 0 Å². The van der Waals surface area contributed by atoms with Gasteiger partial charge in [0.2, 0.25) is 0 Å². The number of hydrogen-bond donors (Lipinski definition) is 1. The monoisotopic (exact) mass is 446 g/mol. The van der Waals surface area contributed by atoms with E-state index in [4.69, 9.17) is 12.2 Å². The Morgan fingerprint density at radius 1 is 1.10 bits per heavy atom. The number of aryl methyl sites for hydroxylation is 1. The van der Waals surface area contributed by atoms with E-state index in [1.165, 1.54) is 11.3 Å². The van der Waals surface area contributed by atoms with Gasteiger partial charge in [-0.05, 0) is 61.5 Å². The molecule has 0 saturated carbocycles. The summed E-state index contributed by atoms with van der Waals surface area (Å²) in [4.78, 5) is 15.7. The Kier molecular flexibility index (Phi) is 5.25. The van der Waals surface area contributed by atoms with Gasteiger partial charge in [0.15, 0.2) is 10.2 Å². The van der Waals surface area contributed by atoms with Gasteiger partial charge in [0, 0.05) is 48.1 Å². The molecule has 0 unspecified atom stereocenters. The van der Waals surface area contributed by atoms with Gasteiger partial charge in [-0.25, -0.2) is 4.98 Å². The van der Waals surface area contributed by atoms with Crippen LogP contribution in [0.15, 0.2) is 66.6 Å². The van der Waals surface area contributed by atoms with Crippen LogP contribution in [-0.4, -0.2) is 29.5 Å². The molecule has 1 aliphatic heterocycles. The molecule has 6 nitrogen and oxygen atoms in total. The van der Waals surface area contributed by atoms with Crippen LogP contribution in [0.25, 0.3) is 5.13 Å². The summed E-state index contributed by atoms with van der Waals surface area (Å²) < 4.78 is 2.22. The zero-order valence-electron chi connectivity index (χ0n) is 17.3. The molecule has 2 atom stereocenters. The molecule has 0 amide bonds. The van der Waals surface area contributed by atoms with Crippen molar-refractivity contribution in [3.8, 4) is 5.13 Å². The third-order valence-corrected chi connectivity index (χ3v) is 6.78. The number of aromatic nitrogens is 4. The van der Waals surface area contributed by atoms with E-state index in [0.717, 1.165) is 27.2 Å². The van der Waals surface area contributed by atoms with Crippen molar-refractivity contribution in [2.24, 2.45) is 0 Å². The molecule has 1 fully saturated rings. The summed E-state index contributed by atoms with van der Waals surface area (Å²) in [6.45, 7) is 4.96. The molecule has 0 aliphatic carbocycles. The van der Waals surface area contributed by atoms with Crippen LogP contribution in [-0.2, 0) is 6.54 Å². The second-order valence-electron chi connectivity index (χ2n) is 7.59. The second kappa shape index (κ2) is 8.20. The van der Waals surface area contributed by atoms with E-state index in [2.05, 4.69) is 61.8 Å². The van der Waals surface area contributed by atoms with E-state index < -0.39 is 0 Å². The van der Waals surface area contributed by atoms with Crippen molar-refractivity contribution in [1.82, 2.24) is 29.7 Å². The number of nitrogens with one attached hydrogen (secondary N) is 1. The van der Waals surface area contributed by atoms with Gasteiger partial charge in [0.1, 0.15) is 0 Å². The Morgan fingerprint density at radius 2 is 2.00 bits per heavy atom. The maximum absolute atomic E-state index is 5.81. The molecule has 4 aromatic heterocycles. The summed E-state index contributed by atoms with van der Waals surface area (Å²) in [7, 11) is 0. The van der Waals surface area contributed by atoms with Gasteiger partial charge in [-0.2, -0.15) is 0 Å². The lowest BCUT2D eigenvalue weighted by atomic mass is 9.96. The molecular formula is C23H22N6S2. The van der Waals surface area contributed by atoms with Gasteiger partial charge >= 0.3 is 0 Å². The molecule has 0 bridgehead atoms. The van der Waals surface area contributed by atoms with E-state index in [1.807, 2.05) is 42.2 Å². The van der Waals surface area contributed by atoms with Crippen molar-refractivity contribution in [1.29, 1.82) is 0 Å². The SMILES string of the molecule is Cc1cc([C@H]2[C@H](c3ccccn3)NC(=S)N2Cc2cccnc2)c(C)n1-c1nccs1. The predicted molar refractivity (Wildman–Crippen MR) is 126 cm³/mol. The topological polar surface area (TPSA) is 58.9 Å². The summed E-state index contributed by atoms with van der Waals surface area (Å²) in [6, 6.07) is 12.3. The first-order valence-electron chi connectivity index (χ1n) is 10.1. The maximum atomic E-state index is 5.81. The Morgan fingerprint density at radius 3 is 2.71 bits per heavy atom. The summed E-state index contributed by atoms with van der Waals surface area (Å²) in [5, 5.41) is 7.24. The highest BCUT2D eigenvalue weighted by Crippen LogP contribution is 2.42. The quantitative estimate of drug-likeness (QED) is 0.455. The lowest BCUT2D eigenvalue weighted by molar-refractivity contribution is 0.310. The van der Waals surface area contributed by atoms with Gasteiger partial charge in [-0.1, -0.05) is 12.1 Å². The number of hydrogen-bond acceptors (Lipinski definition) is 5. The summed E-state index contributed by atoms with van der Waals surface area (Å²) in [6.07, 6.45) is 7.36. The zero-order valence-corrected chi connectivity index (χ0v) is 18.9. The van der Waals surface area contributed by atoms with Gasteiger partial charge in [-0.15, -0.1) is 11.3 Å². The number of pyridine rings is 2. The fraction of sp³-hybridized carbons (Fsp3) is 0.217. The van der Waals surface area contributed by atoms with E-state index in [-0.39, 0.29) is 12.1 Å². The van der Waals surface area contributed by atoms with Crippen molar-refractivity contribution in [2.75, 3.05) is 0 Å². The number of nitrogens with zero attached hydrogens (tertiary/aromatic N) is 5. The van der Waals surface area contributed by atoms with E-state index in [9.17, 15) is 0 Å². The molecule has 156 valence electrons. The average Bonchev–Trinajstić information content (AvgIpc) is 3.49. The van der Waals surface area contributed by atoms with Crippen molar-refractivity contribution in [2.45, 2.75) is 32.5 Å². The molecule has 1 saturated heterocycles. The highest BCUT2D eigenvalue weighted by atomic mass is 32.1. The van der Waals surface area contributed by atoms with E-state index in [1.54, 1.807) is 17.5 Å². The zero-order chi connectivity index (χ0) is 21.4. The lowest BCUT2D eigenvalue weighted by Crippen LogP contribution is -2.29. The van der Waals surface area contributed by atoms with Crippen LogP contribution in [0.3, 0.4) is 0 Å². The van der Waals surface area contributed by atoms with Crippen LogP contribution in [0.5, 0.6) is 0 Å². The van der Waals surface area contributed by atoms with Gasteiger partial charge < -0.3 is 10.2 Å². The largest absolute Gasteiger partial charge is 0.352 e. The smallest absolute Gasteiger partial charge is 0.193 e. The normalized spacial score (nSPS) is 18.4. The molecule has 1 aliphatic rings. The Bertz CT molecular complexity index is 1190. The fourth-order valence-corrected chi connectivity index (χ4v) is 5.37. The lowest BCUT2D eigenvalue weighted by Gasteiger charge is -2.28. The van der Waals surface area contributed by atoms with Crippen LogP contribution in [0, 0.1) is 13.8 Å².